The smallest absolute Gasteiger partial charge is 0.135 e. The number of carbonyl (C=O) groups excluding carboxylic acids is 1. The second-order valence-electron chi connectivity index (χ2n) is 8.21. The van der Waals surface area contributed by atoms with Crippen LogP contribution in [0.2, 0.25) is 0 Å². The highest BCUT2D eigenvalue weighted by atomic mass is 16.1. The molecule has 0 aliphatic heterocycles. The Morgan fingerprint density at radius 1 is 0.615 bits per heavy atom. The molecule has 0 amide bonds. The maximum Gasteiger partial charge on any atom is 0.135 e. The van der Waals surface area contributed by atoms with Gasteiger partial charge in [-0.25, -0.2) is 0 Å². The first-order chi connectivity index (χ1) is 12.2. The third-order valence-electron chi connectivity index (χ3n) is 4.68. The number of allylic oxidation sites excluding steroid dienone is 8. The molecule has 0 saturated heterocycles. The van der Waals surface area contributed by atoms with Crippen molar-refractivity contribution >= 4 is 5.78 Å². The lowest BCUT2D eigenvalue weighted by molar-refractivity contribution is -0.121. The second-order valence-corrected chi connectivity index (χ2v) is 8.21. The molecule has 0 spiro atoms. The van der Waals surface area contributed by atoms with Crippen molar-refractivity contribution in [3.8, 4) is 0 Å². The Hall–Kier alpha value is -1.37. The molecule has 0 atom stereocenters. The molecule has 0 fully saturated rings. The van der Waals surface area contributed by atoms with Crippen molar-refractivity contribution in [1.82, 2.24) is 0 Å². The predicted molar refractivity (Wildman–Crippen MR) is 117 cm³/mol. The predicted octanol–water partition coefficient (Wildman–Crippen LogP) is 8.14. The zero-order valence-electron chi connectivity index (χ0n) is 18.5. The summed E-state index contributed by atoms with van der Waals surface area (Å²) in [5, 5.41) is 0. The molecule has 0 aromatic carbocycles. The molecule has 0 heterocycles. The van der Waals surface area contributed by atoms with E-state index in [0.717, 1.165) is 38.5 Å². The van der Waals surface area contributed by atoms with Gasteiger partial charge in [-0.05, 0) is 79.6 Å². The molecule has 1 nitrogen and oxygen atoms in total. The minimum atomic E-state index is 0.166. The lowest BCUT2D eigenvalue weighted by atomic mass is 10.0. The van der Waals surface area contributed by atoms with Crippen LogP contribution in [0.3, 0.4) is 0 Å². The number of carbonyl (C=O) groups is 1. The van der Waals surface area contributed by atoms with Crippen LogP contribution in [0.5, 0.6) is 0 Å². The van der Waals surface area contributed by atoms with Crippen molar-refractivity contribution in [2.75, 3.05) is 0 Å². The largest absolute Gasteiger partial charge is 0.299 e. The average molecular weight is 359 g/mol. The van der Waals surface area contributed by atoms with Crippen LogP contribution in [-0.2, 0) is 4.79 Å². The molecule has 1 heteroatoms. The number of ketones is 1. The van der Waals surface area contributed by atoms with Crippen molar-refractivity contribution in [3.63, 3.8) is 0 Å². The van der Waals surface area contributed by atoms with E-state index in [1.54, 1.807) is 0 Å². The molecule has 26 heavy (non-hydrogen) atoms. The number of Topliss-reactive ketones (excluding diaryl/α,β-unsaturated/α-hetero) is 1. The van der Waals surface area contributed by atoms with Gasteiger partial charge in [0.2, 0.25) is 0 Å². The fraction of sp³-hybridized carbons (Fsp3) is 0.640. The summed E-state index contributed by atoms with van der Waals surface area (Å²) in [7, 11) is 0. The topological polar surface area (TPSA) is 17.1 Å². The first-order valence-electron chi connectivity index (χ1n) is 10.3. The maximum atomic E-state index is 11.6. The summed E-state index contributed by atoms with van der Waals surface area (Å²) in [5.74, 6) is 0.535. The van der Waals surface area contributed by atoms with E-state index >= 15 is 0 Å². The van der Waals surface area contributed by atoms with E-state index in [1.807, 2.05) is 13.8 Å². The number of rotatable bonds is 13. The van der Waals surface area contributed by atoms with Crippen LogP contribution in [-0.4, -0.2) is 5.78 Å². The lowest BCUT2D eigenvalue weighted by Gasteiger charge is -2.04. The lowest BCUT2D eigenvalue weighted by Crippen LogP contribution is -2.05. The van der Waals surface area contributed by atoms with Gasteiger partial charge in [-0.1, -0.05) is 60.4 Å². The quantitative estimate of drug-likeness (QED) is 0.304. The van der Waals surface area contributed by atoms with Crippen molar-refractivity contribution in [1.29, 1.82) is 0 Å². The van der Waals surface area contributed by atoms with Crippen LogP contribution in [0, 0.1) is 5.92 Å². The highest BCUT2D eigenvalue weighted by Gasteiger charge is 2.05. The summed E-state index contributed by atoms with van der Waals surface area (Å²) >= 11 is 0. The van der Waals surface area contributed by atoms with Gasteiger partial charge in [0, 0.05) is 12.3 Å². The van der Waals surface area contributed by atoms with Crippen LogP contribution >= 0.6 is 0 Å². The van der Waals surface area contributed by atoms with Crippen LogP contribution in [0.1, 0.15) is 99.8 Å². The first kappa shape index (κ1) is 24.6. The van der Waals surface area contributed by atoms with E-state index in [9.17, 15) is 4.79 Å². The molecule has 0 bridgehead atoms. The van der Waals surface area contributed by atoms with Crippen molar-refractivity contribution in [2.45, 2.75) is 99.8 Å². The van der Waals surface area contributed by atoms with E-state index in [1.165, 1.54) is 28.7 Å². The molecule has 0 unspecified atom stereocenters. The zero-order valence-corrected chi connectivity index (χ0v) is 18.5. The van der Waals surface area contributed by atoms with Crippen molar-refractivity contribution in [3.05, 3.63) is 46.6 Å². The molecule has 0 aliphatic carbocycles. The van der Waals surface area contributed by atoms with Crippen LogP contribution in [0.25, 0.3) is 0 Å². The fourth-order valence-electron chi connectivity index (χ4n) is 2.74. The van der Waals surface area contributed by atoms with Crippen molar-refractivity contribution < 1.29 is 4.79 Å². The Balaban J connectivity index is 4.03. The molecule has 0 aromatic rings. The molecule has 0 radical (unpaired) electrons. The highest BCUT2D eigenvalue weighted by Crippen LogP contribution is 2.14. The third kappa shape index (κ3) is 14.9. The summed E-state index contributed by atoms with van der Waals surface area (Å²) in [4.78, 5) is 11.6. The van der Waals surface area contributed by atoms with Crippen LogP contribution in [0.15, 0.2) is 46.6 Å². The zero-order chi connectivity index (χ0) is 19.9. The minimum absolute atomic E-state index is 0.166. The third-order valence-corrected chi connectivity index (χ3v) is 4.68. The van der Waals surface area contributed by atoms with Crippen LogP contribution < -0.4 is 0 Å². The molecule has 0 rings (SSSR count). The SMILES string of the molecule is CC(C)=CCCC(C)=CCCC(C)=CCCC(C)=CCCC(=O)C(C)C. The molecular formula is C25H42O. The van der Waals surface area contributed by atoms with E-state index in [2.05, 4.69) is 58.9 Å². The number of hydrogen-bond acceptors (Lipinski definition) is 1. The summed E-state index contributed by atoms with van der Waals surface area (Å²) < 4.78 is 0. The van der Waals surface area contributed by atoms with Gasteiger partial charge in [0.1, 0.15) is 5.78 Å². The average Bonchev–Trinajstić information content (AvgIpc) is 2.54. The highest BCUT2D eigenvalue weighted by molar-refractivity contribution is 5.80. The second kappa shape index (κ2) is 14.8. The van der Waals surface area contributed by atoms with Gasteiger partial charge in [-0.3, -0.25) is 4.79 Å². The molecule has 148 valence electrons. The van der Waals surface area contributed by atoms with E-state index < -0.39 is 0 Å². The van der Waals surface area contributed by atoms with Crippen molar-refractivity contribution in [2.24, 2.45) is 5.92 Å². The summed E-state index contributed by atoms with van der Waals surface area (Å²) in [6.45, 7) is 15.0. The van der Waals surface area contributed by atoms with E-state index in [0.29, 0.717) is 12.2 Å². The Kier molecular flexibility index (Phi) is 14.0. The fourth-order valence-corrected chi connectivity index (χ4v) is 2.74. The number of hydrogen-bond donors (Lipinski definition) is 0. The first-order valence-corrected chi connectivity index (χ1v) is 10.3. The van der Waals surface area contributed by atoms with Crippen LogP contribution in [0.4, 0.5) is 0 Å². The summed E-state index contributed by atoms with van der Waals surface area (Å²) in [6.07, 6.45) is 17.8. The Morgan fingerprint density at radius 3 is 1.31 bits per heavy atom. The standard InChI is InChI=1S/C25H42O/c1-20(2)12-8-13-22(5)14-9-15-23(6)16-10-17-24(7)18-11-19-25(26)21(3)4/h12,14,16,18,21H,8-11,13,15,17,19H2,1-7H3. The Morgan fingerprint density at radius 2 is 0.962 bits per heavy atom. The Bertz CT molecular complexity index is 522. The monoisotopic (exact) mass is 358 g/mol. The van der Waals surface area contributed by atoms with Gasteiger partial charge in [-0.15, -0.1) is 0 Å². The van der Waals surface area contributed by atoms with Gasteiger partial charge < -0.3 is 0 Å². The van der Waals surface area contributed by atoms with E-state index in [-0.39, 0.29) is 5.92 Å². The molecule has 0 aromatic heterocycles. The van der Waals surface area contributed by atoms with Gasteiger partial charge in [0.05, 0.1) is 0 Å². The summed E-state index contributed by atoms with van der Waals surface area (Å²) in [5.41, 5.74) is 5.80. The summed E-state index contributed by atoms with van der Waals surface area (Å²) in [6, 6.07) is 0. The molecule has 0 saturated carbocycles. The minimum Gasteiger partial charge on any atom is -0.299 e. The molecular weight excluding hydrogens is 316 g/mol. The Labute approximate surface area is 163 Å². The normalized spacial score (nSPS) is 13.3. The van der Waals surface area contributed by atoms with Gasteiger partial charge >= 0.3 is 0 Å². The van der Waals surface area contributed by atoms with Gasteiger partial charge in [0.25, 0.3) is 0 Å². The molecule has 0 aliphatic rings. The maximum absolute atomic E-state index is 11.6. The molecule has 0 N–H and O–H groups in total. The van der Waals surface area contributed by atoms with Gasteiger partial charge in [0.15, 0.2) is 0 Å². The van der Waals surface area contributed by atoms with Gasteiger partial charge in [-0.2, -0.15) is 0 Å². The van der Waals surface area contributed by atoms with E-state index in [4.69, 9.17) is 0 Å².